The zero-order valence-electron chi connectivity index (χ0n) is 25.6. The average Bonchev–Trinajstić information content (AvgIpc) is 2.98. The molecule has 0 spiro atoms. The first-order chi connectivity index (χ1) is 21.1. The Hall–Kier alpha value is -4.24. The van der Waals surface area contributed by atoms with Gasteiger partial charge in [-0.2, -0.15) is 9.83 Å². The Kier molecular flexibility index (Phi) is 13.8. The summed E-state index contributed by atoms with van der Waals surface area (Å²) in [4.78, 5) is 30.5. The summed E-state index contributed by atoms with van der Waals surface area (Å²) in [5, 5.41) is 15.4. The van der Waals surface area contributed by atoms with Crippen LogP contribution in [0.25, 0.3) is 0 Å². The summed E-state index contributed by atoms with van der Waals surface area (Å²) in [7, 11) is 0. The van der Waals surface area contributed by atoms with Gasteiger partial charge in [0, 0.05) is 49.6 Å². The lowest BCUT2D eigenvalue weighted by Gasteiger charge is -2.32. The second kappa shape index (κ2) is 17.8. The number of halogens is 1. The van der Waals surface area contributed by atoms with Crippen LogP contribution in [0.15, 0.2) is 53.8 Å². The lowest BCUT2D eigenvalue weighted by atomic mass is 10.1. The van der Waals surface area contributed by atoms with Crippen LogP contribution in [0.2, 0.25) is 5.02 Å². The number of carbonyl (C=O) groups is 2. The van der Waals surface area contributed by atoms with Crippen molar-refractivity contribution in [2.24, 2.45) is 4.99 Å². The summed E-state index contributed by atoms with van der Waals surface area (Å²) >= 11 is 5.88. The van der Waals surface area contributed by atoms with Gasteiger partial charge in [-0.1, -0.05) is 18.0 Å². The van der Waals surface area contributed by atoms with Gasteiger partial charge in [-0.25, -0.2) is 9.59 Å². The van der Waals surface area contributed by atoms with Crippen molar-refractivity contribution in [2.45, 2.75) is 77.7 Å². The maximum Gasteiger partial charge on any atom is 0.513 e. The Bertz CT molecular complexity index is 1250. The predicted molar refractivity (Wildman–Crippen MR) is 165 cm³/mol. The number of pyridine rings is 1. The van der Waals surface area contributed by atoms with Crippen LogP contribution in [0.4, 0.5) is 15.3 Å². The molecule has 1 aliphatic heterocycles. The number of guanidine groups is 1. The van der Waals surface area contributed by atoms with Crippen molar-refractivity contribution in [3.63, 3.8) is 0 Å². The number of nitrogens with one attached hydrogen (secondary N) is 2. The summed E-state index contributed by atoms with van der Waals surface area (Å²) in [6.07, 6.45) is 8.76. The minimum atomic E-state index is -0.767. The zero-order valence-corrected chi connectivity index (χ0v) is 26.3. The molecule has 1 saturated heterocycles. The molecule has 1 amide bonds. The predicted octanol–water partition coefficient (Wildman–Crippen LogP) is 5.62. The summed E-state index contributed by atoms with van der Waals surface area (Å²) < 4.78 is 23.4. The fourth-order valence-electron chi connectivity index (χ4n) is 4.19. The molecule has 0 bridgehead atoms. The number of aromatic nitrogens is 1. The first kappa shape index (κ1) is 34.3. The molecule has 2 N–H and O–H groups in total. The van der Waals surface area contributed by atoms with Gasteiger partial charge in [-0.15, -0.1) is 0 Å². The Morgan fingerprint density at radius 2 is 1.75 bits per heavy atom. The van der Waals surface area contributed by atoms with Gasteiger partial charge >= 0.3 is 12.2 Å². The lowest BCUT2D eigenvalue weighted by molar-refractivity contribution is -0.727. The molecule has 1 aliphatic rings. The second-order valence-electron chi connectivity index (χ2n) is 11.2. The number of rotatable bonds is 12. The number of amides is 1. The van der Waals surface area contributed by atoms with Crippen LogP contribution < -0.4 is 19.9 Å². The highest BCUT2D eigenvalue weighted by Crippen LogP contribution is 2.18. The first-order valence-corrected chi connectivity index (χ1v) is 15.1. The van der Waals surface area contributed by atoms with E-state index in [2.05, 4.69) is 15.6 Å². The molecule has 1 fully saturated rings. The number of hydrogen-bond acceptors (Lipinski definition) is 8. The number of carbonyl (C=O) groups excluding carboxylic acids is 2. The van der Waals surface area contributed by atoms with Crippen LogP contribution in [0.1, 0.15) is 59.3 Å². The molecule has 0 aliphatic carbocycles. The molecule has 12 nitrogen and oxygen atoms in total. The highest BCUT2D eigenvalue weighted by atomic mass is 35.5. The second-order valence-corrected chi connectivity index (χ2v) is 11.7. The van der Waals surface area contributed by atoms with E-state index >= 15 is 0 Å². The van der Waals surface area contributed by atoms with Crippen molar-refractivity contribution in [2.75, 3.05) is 31.6 Å². The van der Waals surface area contributed by atoms with Gasteiger partial charge in [-0.3, -0.25) is 10.3 Å². The number of nitriles is 1. The quantitative estimate of drug-likeness (QED) is 0.0583. The number of nitrogens with zero attached hydrogens (tertiary/aromatic N) is 4. The average molecular weight is 630 g/mol. The third-order valence-corrected chi connectivity index (χ3v) is 6.67. The van der Waals surface area contributed by atoms with Gasteiger partial charge in [0.15, 0.2) is 18.6 Å². The van der Waals surface area contributed by atoms with Gasteiger partial charge in [0.1, 0.15) is 17.5 Å². The van der Waals surface area contributed by atoms with Crippen molar-refractivity contribution in [1.29, 1.82) is 5.26 Å². The SMILES string of the molecule is CC(C)(C)OC(=O)N1CCC(OC(=O)OC[n+]2ccc(N/C(=N\CCCCCCOc3ccc(Cl)cc3)NC#N)cc2)CC1. The Labute approximate surface area is 263 Å². The number of benzene rings is 1. The van der Waals surface area contributed by atoms with Gasteiger partial charge in [0.05, 0.1) is 12.3 Å². The van der Waals surface area contributed by atoms with Crippen molar-refractivity contribution in [3.05, 3.63) is 53.8 Å². The molecular weight excluding hydrogens is 588 g/mol. The molecule has 1 aromatic carbocycles. The Morgan fingerprint density at radius 3 is 2.41 bits per heavy atom. The van der Waals surface area contributed by atoms with Gasteiger partial charge in [0.2, 0.25) is 5.96 Å². The van der Waals surface area contributed by atoms with Crippen LogP contribution in [-0.4, -0.2) is 61.1 Å². The monoisotopic (exact) mass is 629 g/mol. The van der Waals surface area contributed by atoms with Crippen molar-refractivity contribution >= 4 is 35.5 Å². The normalized spacial score (nSPS) is 13.9. The van der Waals surface area contributed by atoms with Crippen molar-refractivity contribution < 1.29 is 33.1 Å². The third kappa shape index (κ3) is 13.4. The van der Waals surface area contributed by atoms with Crippen LogP contribution in [0, 0.1) is 11.5 Å². The number of anilines is 1. The third-order valence-electron chi connectivity index (χ3n) is 6.42. The molecular formula is C31H42ClN6O6+. The minimum Gasteiger partial charge on any atom is -0.494 e. The van der Waals surface area contributed by atoms with E-state index in [0.717, 1.165) is 31.4 Å². The topological polar surface area (TPSA) is 138 Å². The van der Waals surface area contributed by atoms with E-state index in [9.17, 15) is 9.59 Å². The fraction of sp³-hybridized carbons (Fsp3) is 0.516. The van der Waals surface area contributed by atoms with Crippen molar-refractivity contribution in [1.82, 2.24) is 10.2 Å². The lowest BCUT2D eigenvalue weighted by Crippen LogP contribution is -2.44. The highest BCUT2D eigenvalue weighted by molar-refractivity contribution is 6.30. The maximum atomic E-state index is 12.2. The number of hydrogen-bond donors (Lipinski definition) is 2. The molecule has 2 heterocycles. The highest BCUT2D eigenvalue weighted by Gasteiger charge is 2.29. The molecule has 44 heavy (non-hydrogen) atoms. The summed E-state index contributed by atoms with van der Waals surface area (Å²) in [6, 6.07) is 10.9. The Balaban J connectivity index is 1.30. The molecule has 0 unspecified atom stereocenters. The molecule has 2 aromatic rings. The van der Waals surface area contributed by atoms with Gasteiger partial charge in [0.25, 0.3) is 6.73 Å². The molecule has 13 heteroatoms. The van der Waals surface area contributed by atoms with Crippen molar-refractivity contribution in [3.8, 4) is 11.9 Å². The number of likely N-dealkylation sites (tertiary alicyclic amines) is 1. The standard InChI is InChI=1S/C31H41ClN6O6/c1-31(2,3)44-29(39)38-19-14-27(15-20-38)43-30(40)42-23-37-17-12-25(13-18-37)36-28(35-22-33)34-16-6-4-5-7-21-41-26-10-8-24(32)9-11-26/h8-13,17-18,27H,4-7,14-16,19-21,23H2,1-3H3,(H,34,35)/p+1. The Morgan fingerprint density at radius 1 is 1.07 bits per heavy atom. The van der Waals surface area contributed by atoms with E-state index in [0.29, 0.717) is 55.8 Å². The molecule has 1 aromatic heterocycles. The van der Waals surface area contributed by atoms with Crippen LogP contribution in [0.3, 0.4) is 0 Å². The summed E-state index contributed by atoms with van der Waals surface area (Å²) in [6.45, 7) is 7.55. The maximum absolute atomic E-state index is 12.2. The fourth-order valence-corrected chi connectivity index (χ4v) is 4.31. The number of aliphatic imine (C=N–C) groups is 1. The van der Waals surface area contributed by atoms with E-state index in [4.69, 9.17) is 35.8 Å². The van der Waals surface area contributed by atoms with E-state index in [-0.39, 0.29) is 18.9 Å². The van der Waals surface area contributed by atoms with Crippen LogP contribution in [-0.2, 0) is 20.9 Å². The van der Waals surface area contributed by atoms with E-state index in [1.165, 1.54) is 0 Å². The summed E-state index contributed by atoms with van der Waals surface area (Å²) in [5.41, 5.74) is 0.154. The molecule has 0 saturated carbocycles. The van der Waals surface area contributed by atoms with Crippen LogP contribution in [0.5, 0.6) is 5.75 Å². The van der Waals surface area contributed by atoms with Gasteiger partial charge in [-0.05, 0) is 64.3 Å². The largest absolute Gasteiger partial charge is 0.513 e. The summed E-state index contributed by atoms with van der Waals surface area (Å²) in [5.74, 6) is 1.16. The first-order valence-electron chi connectivity index (χ1n) is 14.8. The number of piperidine rings is 1. The van der Waals surface area contributed by atoms with Crippen LogP contribution >= 0.6 is 11.6 Å². The minimum absolute atomic E-state index is 0.0298. The van der Waals surface area contributed by atoms with E-state index in [1.807, 2.05) is 39.1 Å². The van der Waals surface area contributed by atoms with Gasteiger partial charge < -0.3 is 29.2 Å². The molecule has 3 rings (SSSR count). The molecule has 0 atom stereocenters. The van der Waals surface area contributed by atoms with E-state index < -0.39 is 11.8 Å². The number of ether oxygens (including phenoxy) is 4. The molecule has 238 valence electrons. The van der Waals surface area contributed by atoms with E-state index in [1.54, 1.807) is 46.1 Å². The smallest absolute Gasteiger partial charge is 0.494 e. The number of unbranched alkanes of at least 4 members (excludes halogenated alkanes) is 3. The zero-order chi connectivity index (χ0) is 31.8. The molecule has 0 radical (unpaired) electrons.